The number of hydrazine groups is 1. The van der Waals surface area contributed by atoms with Crippen LogP contribution in [0.15, 0.2) is 22.6 Å². The van der Waals surface area contributed by atoms with E-state index in [4.69, 9.17) is 9.15 Å². The Hall–Kier alpha value is -2.70. The molecule has 7 heteroatoms. The Balaban J connectivity index is 2.19. The van der Waals surface area contributed by atoms with Gasteiger partial charge < -0.3 is 13.9 Å². The minimum atomic E-state index is -0.735. The highest BCUT2D eigenvalue weighted by atomic mass is 16.6. The van der Waals surface area contributed by atoms with Crippen LogP contribution < -0.4 is 15.6 Å². The molecule has 1 heterocycles. The van der Waals surface area contributed by atoms with E-state index in [-0.39, 0.29) is 12.4 Å². The van der Waals surface area contributed by atoms with Gasteiger partial charge in [-0.1, -0.05) is 0 Å². The van der Waals surface area contributed by atoms with Crippen LogP contribution in [0, 0.1) is 6.92 Å². The van der Waals surface area contributed by atoms with E-state index in [1.165, 1.54) is 0 Å². The fraction of sp³-hybridized carbons (Fsp3) is 0.286. The summed E-state index contributed by atoms with van der Waals surface area (Å²) < 4.78 is 15.3. The zero-order valence-corrected chi connectivity index (χ0v) is 12.0. The standard InChI is InChI=1S/C14H16N2O5/c1-4-20-14(18)16-15-13(17)12-8(2)10-7-9(19-3)5-6-11(10)21-12/h5-7H,4H2,1-3H3,(H,15,17)(H,16,18). The van der Waals surface area contributed by atoms with Crippen LogP contribution in [0.5, 0.6) is 5.75 Å². The van der Waals surface area contributed by atoms with Crippen LogP contribution in [0.4, 0.5) is 4.79 Å². The summed E-state index contributed by atoms with van der Waals surface area (Å²) in [6.07, 6.45) is -0.735. The molecule has 7 nitrogen and oxygen atoms in total. The second-order valence-electron chi connectivity index (χ2n) is 4.22. The fourth-order valence-electron chi connectivity index (χ4n) is 1.88. The number of rotatable bonds is 3. The minimum Gasteiger partial charge on any atom is -0.497 e. The molecule has 2 rings (SSSR count). The lowest BCUT2D eigenvalue weighted by Gasteiger charge is -2.05. The van der Waals surface area contributed by atoms with Gasteiger partial charge in [-0.3, -0.25) is 10.2 Å². The van der Waals surface area contributed by atoms with Gasteiger partial charge in [-0.05, 0) is 32.0 Å². The Labute approximate surface area is 121 Å². The third kappa shape index (κ3) is 3.07. The molecule has 0 radical (unpaired) electrons. The van der Waals surface area contributed by atoms with E-state index < -0.39 is 12.0 Å². The predicted octanol–water partition coefficient (Wildman–Crippen LogP) is 2.14. The second-order valence-corrected chi connectivity index (χ2v) is 4.22. The molecule has 0 aliphatic carbocycles. The number of methoxy groups -OCH3 is 1. The predicted molar refractivity (Wildman–Crippen MR) is 75.1 cm³/mol. The maximum Gasteiger partial charge on any atom is 0.426 e. The lowest BCUT2D eigenvalue weighted by Crippen LogP contribution is -2.42. The first-order valence-electron chi connectivity index (χ1n) is 6.37. The van der Waals surface area contributed by atoms with Crippen LogP contribution in [0.25, 0.3) is 11.0 Å². The average Bonchev–Trinajstić information content (AvgIpc) is 2.82. The highest BCUT2D eigenvalue weighted by Gasteiger charge is 2.18. The number of hydrogen-bond acceptors (Lipinski definition) is 5. The zero-order chi connectivity index (χ0) is 15.4. The van der Waals surface area contributed by atoms with E-state index in [2.05, 4.69) is 15.6 Å². The molecule has 0 atom stereocenters. The fourth-order valence-corrected chi connectivity index (χ4v) is 1.88. The van der Waals surface area contributed by atoms with Crippen molar-refractivity contribution in [3.63, 3.8) is 0 Å². The third-order valence-electron chi connectivity index (χ3n) is 2.90. The maximum atomic E-state index is 12.0. The molecule has 2 aromatic rings. The van der Waals surface area contributed by atoms with E-state index in [9.17, 15) is 9.59 Å². The zero-order valence-electron chi connectivity index (χ0n) is 12.0. The van der Waals surface area contributed by atoms with Crippen molar-refractivity contribution >= 4 is 23.0 Å². The van der Waals surface area contributed by atoms with E-state index in [0.717, 1.165) is 5.39 Å². The number of furan rings is 1. The quantitative estimate of drug-likeness (QED) is 0.846. The van der Waals surface area contributed by atoms with Crippen molar-refractivity contribution in [3.8, 4) is 5.75 Å². The summed E-state index contributed by atoms with van der Waals surface area (Å²) in [4.78, 5) is 23.1. The molecule has 2 N–H and O–H groups in total. The third-order valence-corrected chi connectivity index (χ3v) is 2.90. The van der Waals surface area contributed by atoms with Gasteiger partial charge in [-0.15, -0.1) is 0 Å². The molecule has 0 unspecified atom stereocenters. The van der Waals surface area contributed by atoms with Crippen LogP contribution >= 0.6 is 0 Å². The van der Waals surface area contributed by atoms with Crippen LogP contribution in [0.3, 0.4) is 0 Å². The number of carbonyl (C=O) groups excluding carboxylic acids is 2. The summed E-state index contributed by atoms with van der Waals surface area (Å²) >= 11 is 0. The molecule has 0 aliphatic rings. The Morgan fingerprint density at radius 3 is 2.71 bits per heavy atom. The molecule has 0 saturated heterocycles. The Morgan fingerprint density at radius 1 is 1.29 bits per heavy atom. The van der Waals surface area contributed by atoms with E-state index in [1.807, 2.05) is 0 Å². The van der Waals surface area contributed by atoms with Gasteiger partial charge in [0.1, 0.15) is 11.3 Å². The maximum absolute atomic E-state index is 12.0. The molecule has 0 spiro atoms. The van der Waals surface area contributed by atoms with Crippen molar-refractivity contribution < 1.29 is 23.5 Å². The van der Waals surface area contributed by atoms with Gasteiger partial charge in [-0.2, -0.15) is 0 Å². The number of fused-ring (bicyclic) bond motifs is 1. The van der Waals surface area contributed by atoms with Crippen molar-refractivity contribution in [2.24, 2.45) is 0 Å². The average molecular weight is 292 g/mol. The molecule has 1 aromatic carbocycles. The number of aryl methyl sites for hydroxylation is 1. The largest absolute Gasteiger partial charge is 0.497 e. The smallest absolute Gasteiger partial charge is 0.426 e. The van der Waals surface area contributed by atoms with Crippen LogP contribution in [0.2, 0.25) is 0 Å². The molecule has 0 saturated carbocycles. The number of amides is 2. The van der Waals surface area contributed by atoms with Gasteiger partial charge in [0.2, 0.25) is 0 Å². The highest BCUT2D eigenvalue weighted by molar-refractivity contribution is 5.99. The molecule has 2 amide bonds. The minimum absolute atomic E-state index is 0.120. The molecular formula is C14H16N2O5. The van der Waals surface area contributed by atoms with Crippen LogP contribution in [-0.4, -0.2) is 25.7 Å². The first kappa shape index (κ1) is 14.7. The normalized spacial score (nSPS) is 10.2. The molecule has 0 fully saturated rings. The van der Waals surface area contributed by atoms with Crippen LogP contribution in [-0.2, 0) is 4.74 Å². The van der Waals surface area contributed by atoms with E-state index in [0.29, 0.717) is 16.9 Å². The van der Waals surface area contributed by atoms with Gasteiger partial charge >= 0.3 is 12.0 Å². The Kier molecular flexibility index (Phi) is 4.32. The molecule has 21 heavy (non-hydrogen) atoms. The number of carbonyl (C=O) groups is 2. The van der Waals surface area contributed by atoms with E-state index >= 15 is 0 Å². The number of hydrogen-bond donors (Lipinski definition) is 2. The molecule has 0 aliphatic heterocycles. The second kappa shape index (κ2) is 6.17. The Bertz CT molecular complexity index is 677. The summed E-state index contributed by atoms with van der Waals surface area (Å²) in [6.45, 7) is 3.63. The first-order valence-corrected chi connectivity index (χ1v) is 6.37. The Morgan fingerprint density at radius 2 is 2.05 bits per heavy atom. The lowest BCUT2D eigenvalue weighted by molar-refractivity contribution is 0.0887. The molecule has 1 aromatic heterocycles. The van der Waals surface area contributed by atoms with Crippen molar-refractivity contribution in [1.82, 2.24) is 10.9 Å². The van der Waals surface area contributed by atoms with Crippen molar-refractivity contribution in [2.45, 2.75) is 13.8 Å². The topological polar surface area (TPSA) is 89.8 Å². The number of nitrogens with one attached hydrogen (secondary N) is 2. The molecule has 112 valence electrons. The van der Waals surface area contributed by atoms with Gasteiger partial charge in [0, 0.05) is 10.9 Å². The molecular weight excluding hydrogens is 276 g/mol. The lowest BCUT2D eigenvalue weighted by atomic mass is 10.1. The van der Waals surface area contributed by atoms with Crippen molar-refractivity contribution in [2.75, 3.05) is 13.7 Å². The summed E-state index contributed by atoms with van der Waals surface area (Å²) in [5.41, 5.74) is 5.58. The monoisotopic (exact) mass is 292 g/mol. The van der Waals surface area contributed by atoms with Gasteiger partial charge in [0.05, 0.1) is 13.7 Å². The summed E-state index contributed by atoms with van der Waals surface area (Å²) in [7, 11) is 1.56. The van der Waals surface area contributed by atoms with Crippen molar-refractivity contribution in [3.05, 3.63) is 29.5 Å². The summed E-state index contributed by atoms with van der Waals surface area (Å²) in [5, 5.41) is 0.774. The number of benzene rings is 1. The number of ether oxygens (including phenoxy) is 2. The van der Waals surface area contributed by atoms with E-state index in [1.54, 1.807) is 39.2 Å². The van der Waals surface area contributed by atoms with Gasteiger partial charge in [0.15, 0.2) is 5.76 Å². The summed E-state index contributed by atoms with van der Waals surface area (Å²) in [6, 6.07) is 5.24. The van der Waals surface area contributed by atoms with Gasteiger partial charge in [-0.25, -0.2) is 10.2 Å². The SMILES string of the molecule is CCOC(=O)NNC(=O)c1oc2ccc(OC)cc2c1C. The summed E-state index contributed by atoms with van der Waals surface area (Å²) in [5.74, 6) is 0.230. The first-order chi connectivity index (χ1) is 10.1. The highest BCUT2D eigenvalue weighted by Crippen LogP contribution is 2.28. The molecule has 0 bridgehead atoms. The van der Waals surface area contributed by atoms with Crippen LogP contribution in [0.1, 0.15) is 23.0 Å². The van der Waals surface area contributed by atoms with Crippen molar-refractivity contribution in [1.29, 1.82) is 0 Å². The van der Waals surface area contributed by atoms with Gasteiger partial charge in [0.25, 0.3) is 0 Å².